The normalized spacial score (nSPS) is 11.4. The first-order valence-corrected chi connectivity index (χ1v) is 6.46. The van der Waals surface area contributed by atoms with Crippen LogP contribution < -0.4 is 9.83 Å². The van der Waals surface area contributed by atoms with E-state index in [4.69, 9.17) is 0 Å². The molecular weight excluding hydrogens is 268 g/mol. The average molecular weight is 278 g/mol. The van der Waals surface area contributed by atoms with Crippen molar-refractivity contribution >= 4 is 16.0 Å². The van der Waals surface area contributed by atoms with Gasteiger partial charge in [-0.15, -0.1) is 0 Å². The number of carbonyl (C=O) groups is 1. The summed E-state index contributed by atoms with van der Waals surface area (Å²) in [4.78, 5) is 9.41. The number of carboxylic acids is 1. The van der Waals surface area contributed by atoms with Gasteiger partial charge in [0.1, 0.15) is 16.5 Å². The summed E-state index contributed by atoms with van der Waals surface area (Å²) in [6, 6.07) is 2.07. The van der Waals surface area contributed by atoms with Gasteiger partial charge >= 0.3 is 0 Å². The first kappa shape index (κ1) is 14.5. The molecule has 100 valence electrons. The van der Waals surface area contributed by atoms with Crippen LogP contribution in [-0.4, -0.2) is 20.9 Å². The second kappa shape index (κ2) is 5.87. The SMILES string of the molecule is O=C([O-])CCCNS(=O)(=O)c1ccc(F)cc1F. The van der Waals surface area contributed by atoms with Gasteiger partial charge in [0.25, 0.3) is 0 Å². The number of carbonyl (C=O) groups excluding carboxylic acids is 1. The molecule has 0 saturated heterocycles. The summed E-state index contributed by atoms with van der Waals surface area (Å²) in [6.07, 6.45) is -0.293. The van der Waals surface area contributed by atoms with Crippen molar-refractivity contribution < 1.29 is 27.1 Å². The van der Waals surface area contributed by atoms with Crippen LogP contribution in [0.4, 0.5) is 8.78 Å². The first-order valence-electron chi connectivity index (χ1n) is 4.97. The highest BCUT2D eigenvalue weighted by Gasteiger charge is 2.18. The quantitative estimate of drug-likeness (QED) is 0.728. The standard InChI is InChI=1S/C10H11F2NO4S/c11-7-3-4-9(8(12)6-7)18(16,17)13-5-1-2-10(14)15/h3-4,6,13H,1-2,5H2,(H,14,15)/p-1. The molecule has 0 aliphatic rings. The zero-order chi connectivity index (χ0) is 13.8. The molecule has 0 saturated carbocycles. The van der Waals surface area contributed by atoms with Crippen LogP contribution in [0.1, 0.15) is 12.8 Å². The van der Waals surface area contributed by atoms with Gasteiger partial charge in [0.05, 0.1) is 0 Å². The van der Waals surface area contributed by atoms with Crippen molar-refractivity contribution in [1.29, 1.82) is 0 Å². The number of nitrogens with one attached hydrogen (secondary N) is 1. The highest BCUT2D eigenvalue weighted by Crippen LogP contribution is 2.15. The molecule has 0 aliphatic carbocycles. The van der Waals surface area contributed by atoms with Crippen molar-refractivity contribution in [2.75, 3.05) is 6.54 Å². The van der Waals surface area contributed by atoms with E-state index in [9.17, 15) is 27.1 Å². The summed E-state index contributed by atoms with van der Waals surface area (Å²) in [7, 11) is -4.11. The minimum Gasteiger partial charge on any atom is -0.550 e. The van der Waals surface area contributed by atoms with E-state index in [1.165, 1.54) is 0 Å². The van der Waals surface area contributed by atoms with E-state index in [1.54, 1.807) is 0 Å². The van der Waals surface area contributed by atoms with Crippen LogP contribution >= 0.6 is 0 Å². The molecule has 0 unspecified atom stereocenters. The Morgan fingerprint density at radius 3 is 2.56 bits per heavy atom. The number of aliphatic carboxylic acids is 1. The molecule has 1 aromatic carbocycles. The summed E-state index contributed by atoms with van der Waals surface area (Å²) in [6.45, 7) is -0.173. The summed E-state index contributed by atoms with van der Waals surface area (Å²) in [5, 5.41) is 10.1. The van der Waals surface area contributed by atoms with Crippen molar-refractivity contribution in [1.82, 2.24) is 4.72 Å². The number of rotatable bonds is 6. The van der Waals surface area contributed by atoms with Gasteiger partial charge in [0.15, 0.2) is 0 Å². The van der Waals surface area contributed by atoms with Crippen LogP contribution in [0.3, 0.4) is 0 Å². The Kier molecular flexibility index (Phi) is 4.74. The van der Waals surface area contributed by atoms with E-state index < -0.39 is 32.5 Å². The zero-order valence-electron chi connectivity index (χ0n) is 9.15. The van der Waals surface area contributed by atoms with Crippen molar-refractivity contribution in [3.63, 3.8) is 0 Å². The van der Waals surface area contributed by atoms with E-state index in [0.29, 0.717) is 6.07 Å². The van der Waals surface area contributed by atoms with Gasteiger partial charge in [0.2, 0.25) is 10.0 Å². The summed E-state index contributed by atoms with van der Waals surface area (Å²) >= 11 is 0. The van der Waals surface area contributed by atoms with Gasteiger partial charge in [-0.05, 0) is 25.0 Å². The van der Waals surface area contributed by atoms with Gasteiger partial charge in [-0.1, -0.05) is 0 Å². The molecule has 0 amide bonds. The Morgan fingerprint density at radius 2 is 2.00 bits per heavy atom. The number of benzene rings is 1. The molecule has 8 heteroatoms. The molecule has 0 aliphatic heterocycles. The number of hydrogen-bond donors (Lipinski definition) is 1. The molecule has 1 rings (SSSR count). The van der Waals surface area contributed by atoms with E-state index in [1.807, 2.05) is 4.72 Å². The highest BCUT2D eigenvalue weighted by molar-refractivity contribution is 7.89. The van der Waals surface area contributed by atoms with Crippen LogP contribution in [0.2, 0.25) is 0 Å². The molecule has 0 aromatic heterocycles. The molecule has 1 aromatic rings. The Labute approximate surface area is 102 Å². The van der Waals surface area contributed by atoms with Crippen LogP contribution in [-0.2, 0) is 14.8 Å². The number of carboxylic acid groups (broad SMARTS) is 1. The fraction of sp³-hybridized carbons (Fsp3) is 0.300. The lowest BCUT2D eigenvalue weighted by molar-refractivity contribution is -0.305. The molecule has 1 N–H and O–H groups in total. The summed E-state index contributed by atoms with van der Waals surface area (Å²) < 4.78 is 51.0. The maximum absolute atomic E-state index is 13.2. The monoisotopic (exact) mass is 278 g/mol. The Hall–Kier alpha value is -1.54. The molecule has 18 heavy (non-hydrogen) atoms. The van der Waals surface area contributed by atoms with Crippen molar-refractivity contribution in [3.05, 3.63) is 29.8 Å². The van der Waals surface area contributed by atoms with Gasteiger partial charge in [-0.25, -0.2) is 21.9 Å². The number of sulfonamides is 1. The third-order valence-electron chi connectivity index (χ3n) is 2.03. The summed E-state index contributed by atoms with van der Waals surface area (Å²) in [5.41, 5.74) is 0. The minimum absolute atomic E-state index is 0.0182. The number of halogens is 2. The second-order valence-electron chi connectivity index (χ2n) is 3.45. The topological polar surface area (TPSA) is 86.3 Å². The third-order valence-corrected chi connectivity index (χ3v) is 3.53. The van der Waals surface area contributed by atoms with Crippen LogP contribution in [0.5, 0.6) is 0 Å². The molecule has 5 nitrogen and oxygen atoms in total. The van der Waals surface area contributed by atoms with Gasteiger partial charge in [-0.3, -0.25) is 0 Å². The maximum atomic E-state index is 13.2. The molecule has 0 heterocycles. The van der Waals surface area contributed by atoms with Gasteiger partial charge in [-0.2, -0.15) is 0 Å². The fourth-order valence-electron chi connectivity index (χ4n) is 1.21. The van der Waals surface area contributed by atoms with Gasteiger partial charge in [0, 0.05) is 18.6 Å². The highest BCUT2D eigenvalue weighted by atomic mass is 32.2. The molecule has 0 fully saturated rings. The predicted molar refractivity (Wildman–Crippen MR) is 55.8 cm³/mol. The van der Waals surface area contributed by atoms with Crippen molar-refractivity contribution in [2.45, 2.75) is 17.7 Å². The van der Waals surface area contributed by atoms with Crippen LogP contribution in [0, 0.1) is 11.6 Å². The predicted octanol–water partition coefficient (Wildman–Crippen LogP) is -0.227. The van der Waals surface area contributed by atoms with E-state index >= 15 is 0 Å². The Balaban J connectivity index is 2.71. The number of hydrogen-bond acceptors (Lipinski definition) is 4. The van der Waals surface area contributed by atoms with E-state index in [-0.39, 0.29) is 19.4 Å². The zero-order valence-corrected chi connectivity index (χ0v) is 9.97. The molecule has 0 radical (unpaired) electrons. The molecular formula is C10H10F2NO4S-. The molecule has 0 spiro atoms. The van der Waals surface area contributed by atoms with Crippen LogP contribution in [0.25, 0.3) is 0 Å². The Morgan fingerprint density at radius 1 is 1.33 bits per heavy atom. The van der Waals surface area contributed by atoms with Crippen LogP contribution in [0.15, 0.2) is 23.1 Å². The van der Waals surface area contributed by atoms with Gasteiger partial charge < -0.3 is 9.90 Å². The molecule has 0 bridgehead atoms. The first-order chi connectivity index (χ1) is 8.33. The lowest BCUT2D eigenvalue weighted by atomic mass is 10.3. The smallest absolute Gasteiger partial charge is 0.243 e. The second-order valence-corrected chi connectivity index (χ2v) is 5.18. The average Bonchev–Trinajstić information content (AvgIpc) is 2.23. The van der Waals surface area contributed by atoms with E-state index in [2.05, 4.69) is 0 Å². The third kappa shape index (κ3) is 4.04. The van der Waals surface area contributed by atoms with Crippen molar-refractivity contribution in [3.8, 4) is 0 Å². The minimum atomic E-state index is -4.11. The van der Waals surface area contributed by atoms with Crippen molar-refractivity contribution in [2.24, 2.45) is 0 Å². The maximum Gasteiger partial charge on any atom is 0.243 e. The van der Waals surface area contributed by atoms with E-state index in [0.717, 1.165) is 12.1 Å². The summed E-state index contributed by atoms with van der Waals surface area (Å²) in [5.74, 6) is -3.40. The molecule has 0 atom stereocenters. The Bertz CT molecular complexity index is 545. The lowest BCUT2D eigenvalue weighted by Crippen LogP contribution is -2.28. The lowest BCUT2D eigenvalue weighted by Gasteiger charge is -2.07. The largest absolute Gasteiger partial charge is 0.550 e. The fourth-order valence-corrected chi connectivity index (χ4v) is 2.34.